The fraction of sp³-hybridized carbons (Fsp3) is 0.500. The van der Waals surface area contributed by atoms with Gasteiger partial charge in [0.25, 0.3) is 5.15 Å². The highest BCUT2D eigenvalue weighted by Crippen LogP contribution is 2.42. The summed E-state index contributed by atoms with van der Waals surface area (Å²) in [6.07, 6.45) is 6.42. The first kappa shape index (κ1) is 22.2. The minimum Gasteiger partial charge on any atom is -0.466 e. The van der Waals surface area contributed by atoms with Crippen molar-refractivity contribution in [2.45, 2.75) is 39.2 Å². The first-order chi connectivity index (χ1) is 13.6. The fourth-order valence-corrected chi connectivity index (χ4v) is 6.42. The van der Waals surface area contributed by atoms with Crippen molar-refractivity contribution in [1.82, 2.24) is 0 Å². The predicted octanol–water partition coefficient (Wildman–Crippen LogP) is 4.20. The van der Waals surface area contributed by atoms with E-state index in [1.165, 1.54) is 12.3 Å². The van der Waals surface area contributed by atoms with E-state index in [0.717, 1.165) is 12.7 Å². The molecule has 1 heterocycles. The Balaban J connectivity index is 2.07. The summed E-state index contributed by atoms with van der Waals surface area (Å²) in [6, 6.07) is 0.906. The van der Waals surface area contributed by atoms with Crippen LogP contribution in [0.1, 0.15) is 44.7 Å². The third-order valence-electron chi connectivity index (χ3n) is 5.42. The van der Waals surface area contributed by atoms with Gasteiger partial charge < -0.3 is 4.74 Å². The number of carbonyl (C=O) groups is 1. The van der Waals surface area contributed by atoms with Crippen LogP contribution >= 0.6 is 23.2 Å². The Labute approximate surface area is 180 Å². The molecule has 2 aliphatic carbocycles. The van der Waals surface area contributed by atoms with E-state index in [2.05, 4.69) is 0 Å². The van der Waals surface area contributed by atoms with Crippen LogP contribution in [-0.2, 0) is 19.4 Å². The summed E-state index contributed by atoms with van der Waals surface area (Å²) in [5.74, 6) is -1.74. The largest absolute Gasteiger partial charge is 0.466 e. The number of hydrogen-bond donors (Lipinski definition) is 0. The number of esters is 1. The van der Waals surface area contributed by atoms with Gasteiger partial charge in [0, 0.05) is 24.2 Å². The van der Waals surface area contributed by atoms with Gasteiger partial charge in [-0.3, -0.25) is 4.79 Å². The van der Waals surface area contributed by atoms with E-state index >= 15 is 0 Å². The molecule has 3 unspecified atom stereocenters. The third kappa shape index (κ3) is 4.23. The van der Waals surface area contributed by atoms with Crippen LogP contribution in [0.2, 0.25) is 5.15 Å². The minimum absolute atomic E-state index is 0.0149. The maximum atomic E-state index is 14.8. The number of halogens is 3. The maximum absolute atomic E-state index is 14.8. The van der Waals surface area contributed by atoms with Crippen LogP contribution in [0.5, 0.6) is 0 Å². The molecule has 0 spiro atoms. The molecule has 158 valence electrons. The number of nitrogens with zero attached hydrogens (tertiary/aromatic N) is 1. The lowest BCUT2D eigenvalue weighted by Gasteiger charge is -2.16. The average Bonchev–Trinajstić information content (AvgIpc) is 3.19. The Kier molecular flexibility index (Phi) is 6.41. The lowest BCUT2D eigenvalue weighted by atomic mass is 10.0. The molecule has 0 saturated heterocycles. The van der Waals surface area contributed by atoms with Crippen LogP contribution in [0.3, 0.4) is 0 Å². The van der Waals surface area contributed by atoms with Crippen LogP contribution in [0.25, 0.3) is 5.57 Å². The Morgan fingerprint density at radius 2 is 2.03 bits per heavy atom. The zero-order chi connectivity index (χ0) is 21.5. The number of allylic oxidation sites excluding steroid dienone is 4. The van der Waals surface area contributed by atoms with Gasteiger partial charge in [0.15, 0.2) is 22.1 Å². The SMILES string of the molecule is CCOC(=O)C1CCCC1[n+]1cc(C2=CC(C)C(S(C)(=O)=O)=C2Cl)c(F)cc1Cl. The van der Waals surface area contributed by atoms with Crippen molar-refractivity contribution < 1.29 is 26.9 Å². The van der Waals surface area contributed by atoms with Gasteiger partial charge in [-0.2, -0.15) is 4.57 Å². The summed E-state index contributed by atoms with van der Waals surface area (Å²) >= 11 is 12.7. The van der Waals surface area contributed by atoms with Gasteiger partial charge in [-0.05, 0) is 31.4 Å². The van der Waals surface area contributed by atoms with Crippen molar-refractivity contribution in [1.29, 1.82) is 0 Å². The van der Waals surface area contributed by atoms with Crippen molar-refractivity contribution in [3.63, 3.8) is 0 Å². The highest BCUT2D eigenvalue weighted by atomic mass is 35.5. The summed E-state index contributed by atoms with van der Waals surface area (Å²) in [5, 5.41) is 0.170. The molecule has 29 heavy (non-hydrogen) atoms. The smallest absolute Gasteiger partial charge is 0.315 e. The molecule has 0 amide bonds. The van der Waals surface area contributed by atoms with Crippen molar-refractivity contribution >= 4 is 44.6 Å². The second kappa shape index (κ2) is 8.36. The lowest BCUT2D eigenvalue weighted by Crippen LogP contribution is -2.45. The van der Waals surface area contributed by atoms with E-state index in [-0.39, 0.29) is 45.2 Å². The Bertz CT molecular complexity index is 1020. The molecule has 1 aromatic rings. The van der Waals surface area contributed by atoms with Gasteiger partial charge >= 0.3 is 5.97 Å². The highest BCUT2D eigenvalue weighted by Gasteiger charge is 2.42. The lowest BCUT2D eigenvalue weighted by molar-refractivity contribution is -0.724. The molecule has 9 heteroatoms. The molecule has 1 saturated carbocycles. The first-order valence-electron chi connectivity index (χ1n) is 9.45. The highest BCUT2D eigenvalue weighted by molar-refractivity contribution is 7.94. The molecule has 0 aromatic carbocycles. The minimum atomic E-state index is -3.54. The molecule has 0 bridgehead atoms. The predicted molar refractivity (Wildman–Crippen MR) is 109 cm³/mol. The van der Waals surface area contributed by atoms with Crippen LogP contribution in [0, 0.1) is 17.7 Å². The third-order valence-corrected chi connectivity index (χ3v) is 7.62. The molecule has 5 nitrogen and oxygen atoms in total. The van der Waals surface area contributed by atoms with Gasteiger partial charge in [-0.1, -0.05) is 24.6 Å². The fourth-order valence-electron chi connectivity index (χ4n) is 4.21. The monoisotopic (exact) mass is 462 g/mol. The van der Waals surface area contributed by atoms with E-state index in [1.54, 1.807) is 24.5 Å². The van der Waals surface area contributed by atoms with Gasteiger partial charge in [0.1, 0.15) is 11.7 Å². The van der Waals surface area contributed by atoms with Crippen molar-refractivity contribution in [2.24, 2.45) is 11.8 Å². The number of sulfone groups is 1. The van der Waals surface area contributed by atoms with Crippen LogP contribution in [0.15, 0.2) is 28.3 Å². The molecule has 3 atom stereocenters. The topological polar surface area (TPSA) is 64.3 Å². The summed E-state index contributed by atoms with van der Waals surface area (Å²) < 4.78 is 45.8. The van der Waals surface area contributed by atoms with Gasteiger partial charge in [-0.15, -0.1) is 0 Å². The second-order valence-corrected chi connectivity index (χ2v) is 10.2. The Morgan fingerprint density at radius 1 is 1.34 bits per heavy atom. The average molecular weight is 463 g/mol. The molecule has 3 rings (SSSR count). The number of rotatable bonds is 5. The first-order valence-corrected chi connectivity index (χ1v) is 12.1. The van der Waals surface area contributed by atoms with Crippen molar-refractivity contribution in [3.8, 4) is 0 Å². The van der Waals surface area contributed by atoms with E-state index in [9.17, 15) is 17.6 Å². The Morgan fingerprint density at radius 3 is 2.62 bits per heavy atom. The van der Waals surface area contributed by atoms with Crippen molar-refractivity contribution in [2.75, 3.05) is 12.9 Å². The maximum Gasteiger partial charge on any atom is 0.315 e. The quantitative estimate of drug-likeness (QED) is 0.373. The number of hydrogen-bond acceptors (Lipinski definition) is 4. The van der Waals surface area contributed by atoms with Crippen LogP contribution < -0.4 is 4.57 Å². The van der Waals surface area contributed by atoms with E-state index in [1.807, 2.05) is 0 Å². The number of aromatic nitrogens is 1. The number of carbonyl (C=O) groups excluding carboxylic acids is 1. The Hall–Kier alpha value is -1.44. The van der Waals surface area contributed by atoms with Crippen LogP contribution in [-0.4, -0.2) is 27.2 Å². The number of ether oxygens (including phenoxy) is 1. The van der Waals surface area contributed by atoms with E-state index in [0.29, 0.717) is 18.4 Å². The molecule has 0 radical (unpaired) electrons. The number of pyridine rings is 1. The summed E-state index contributed by atoms with van der Waals surface area (Å²) in [5.41, 5.74) is 0.465. The van der Waals surface area contributed by atoms with Crippen molar-refractivity contribution in [3.05, 3.63) is 44.8 Å². The normalized spacial score (nSPS) is 24.8. The summed E-state index contributed by atoms with van der Waals surface area (Å²) in [7, 11) is -3.54. The molecule has 1 fully saturated rings. The van der Waals surface area contributed by atoms with Gasteiger partial charge in [0.05, 0.1) is 28.2 Å². The molecule has 0 N–H and O–H groups in total. The molecule has 0 aliphatic heterocycles. The van der Waals surface area contributed by atoms with E-state index in [4.69, 9.17) is 27.9 Å². The molecular formula is C20H23Cl2FNO4S+. The van der Waals surface area contributed by atoms with Gasteiger partial charge in [-0.25, -0.2) is 12.8 Å². The molecule has 1 aromatic heterocycles. The summed E-state index contributed by atoms with van der Waals surface area (Å²) in [4.78, 5) is 12.4. The molecule has 2 aliphatic rings. The second-order valence-electron chi connectivity index (χ2n) is 7.44. The van der Waals surface area contributed by atoms with E-state index < -0.39 is 21.6 Å². The van der Waals surface area contributed by atoms with Gasteiger partial charge in [0.2, 0.25) is 0 Å². The standard InChI is InChI=1S/C20H23Cl2FNO4S/c1-4-28-20(25)12-6-5-7-16(12)24-10-14(15(23)9-17(24)21)13-8-11(2)19(18(13)22)29(3,26)27/h8-12,16H,4-7H2,1-3H3/q+1. The zero-order valence-corrected chi connectivity index (χ0v) is 18.7. The molecular weight excluding hydrogens is 440 g/mol. The summed E-state index contributed by atoms with van der Waals surface area (Å²) in [6.45, 7) is 3.73. The zero-order valence-electron chi connectivity index (χ0n) is 16.4. The van der Waals surface area contributed by atoms with Crippen LogP contribution in [0.4, 0.5) is 4.39 Å².